The summed E-state index contributed by atoms with van der Waals surface area (Å²) in [5.74, 6) is -0.409. The predicted molar refractivity (Wildman–Crippen MR) is 257 cm³/mol. The highest BCUT2D eigenvalue weighted by atomic mass is 32.1. The molecule has 8 aromatic rings. The standard InChI is InChI=1S/C48H44N10O4S2/c1-27-6-8-29(18-37(27)31-20-39-45(51-23-31)63-47(49)55-39)43(59)53-33-10-12-35(13-11-33)57-14-16-61-41(25-57)42-26-58(15-17-62-42)36-5-3-4-34(22-36)54-44(60)30-9-7-28(2)38(19-30)32-21-40-46(52-24-32)64-48(50)56-40/h3-13,18-24,41-42H,14-17,25-26H2,1-2H3,(H2,49,55)(H2,50,56)(H,53,59)(H,54,60). The number of pyridine rings is 2. The molecule has 2 atom stereocenters. The van der Waals surface area contributed by atoms with Crippen molar-refractivity contribution in [3.8, 4) is 22.3 Å². The molecule has 64 heavy (non-hydrogen) atoms. The zero-order valence-corrected chi connectivity index (χ0v) is 36.7. The van der Waals surface area contributed by atoms with E-state index in [9.17, 15) is 9.59 Å². The van der Waals surface area contributed by atoms with Crippen LogP contribution in [0.2, 0.25) is 0 Å². The Hall–Kier alpha value is -6.98. The van der Waals surface area contributed by atoms with Gasteiger partial charge in [0.05, 0.1) is 13.2 Å². The predicted octanol–water partition coefficient (Wildman–Crippen LogP) is 8.43. The largest absolute Gasteiger partial charge is 0.375 e. The third-order valence-corrected chi connectivity index (χ3v) is 13.3. The topological polar surface area (TPSA) is 187 Å². The number of nitrogen functional groups attached to an aromatic ring is 2. The SMILES string of the molecule is Cc1ccc(C(=O)Nc2ccc(N3CCOC(C4CN(c5cccc(NC(=O)c6ccc(C)c(-c7cnc8sc(N)nc8c7)c6)c5)CCO4)C3)cc2)cc1-c1cnc2sc(N)nc2c1. The third kappa shape index (κ3) is 8.55. The highest BCUT2D eigenvalue weighted by Gasteiger charge is 2.33. The van der Waals surface area contributed by atoms with Gasteiger partial charge in [0.25, 0.3) is 11.8 Å². The van der Waals surface area contributed by atoms with Crippen LogP contribution in [-0.4, -0.2) is 83.4 Å². The molecule has 2 amide bonds. The molecular formula is C48H44N10O4S2. The van der Waals surface area contributed by atoms with Crippen LogP contribution in [0, 0.1) is 13.8 Å². The van der Waals surface area contributed by atoms with E-state index >= 15 is 0 Å². The number of amides is 2. The van der Waals surface area contributed by atoms with Gasteiger partial charge in [-0.25, -0.2) is 19.9 Å². The van der Waals surface area contributed by atoms with Crippen LogP contribution in [0.3, 0.4) is 0 Å². The smallest absolute Gasteiger partial charge is 0.255 e. The normalized spacial score (nSPS) is 16.6. The van der Waals surface area contributed by atoms with E-state index in [4.69, 9.17) is 20.9 Å². The fourth-order valence-electron chi connectivity index (χ4n) is 8.34. The highest BCUT2D eigenvalue weighted by molar-refractivity contribution is 7.21. The number of carbonyl (C=O) groups excluding carboxylic acids is 2. The fraction of sp³-hybridized carbons (Fsp3) is 0.208. The van der Waals surface area contributed by atoms with Crippen molar-refractivity contribution in [3.05, 3.63) is 132 Å². The molecule has 2 fully saturated rings. The van der Waals surface area contributed by atoms with Gasteiger partial charge in [-0.1, -0.05) is 40.9 Å². The number of nitrogens with zero attached hydrogens (tertiary/aromatic N) is 6. The Morgan fingerprint density at radius 3 is 1.69 bits per heavy atom. The van der Waals surface area contributed by atoms with Gasteiger partial charge in [-0.05, 0) is 115 Å². The van der Waals surface area contributed by atoms with Gasteiger partial charge in [-0.3, -0.25) is 9.59 Å². The fourth-order valence-corrected chi connectivity index (χ4v) is 9.65. The summed E-state index contributed by atoms with van der Waals surface area (Å²) in [6, 6.07) is 31.1. The summed E-state index contributed by atoms with van der Waals surface area (Å²) in [5, 5.41) is 7.11. The molecule has 6 heterocycles. The number of fused-ring (bicyclic) bond motifs is 2. The summed E-state index contributed by atoms with van der Waals surface area (Å²) in [5.41, 5.74) is 23.4. The molecule has 0 bridgehead atoms. The van der Waals surface area contributed by atoms with Crippen LogP contribution < -0.4 is 31.9 Å². The Morgan fingerprint density at radius 1 is 0.625 bits per heavy atom. The van der Waals surface area contributed by atoms with E-state index in [1.807, 2.05) is 105 Å². The van der Waals surface area contributed by atoms with E-state index in [2.05, 4.69) is 46.4 Å². The number of hydrogen-bond donors (Lipinski definition) is 4. The molecule has 0 spiro atoms. The van der Waals surface area contributed by atoms with E-state index in [1.54, 1.807) is 12.4 Å². The molecule has 2 saturated heterocycles. The van der Waals surface area contributed by atoms with Crippen molar-refractivity contribution >= 4 is 88.2 Å². The van der Waals surface area contributed by atoms with Crippen molar-refractivity contribution in [2.75, 3.05) is 71.3 Å². The number of nitrogens with two attached hydrogens (primary N) is 2. The molecule has 14 nitrogen and oxygen atoms in total. The van der Waals surface area contributed by atoms with E-state index in [1.165, 1.54) is 22.7 Å². The number of benzene rings is 4. The van der Waals surface area contributed by atoms with Crippen LogP contribution in [0.25, 0.3) is 42.9 Å². The molecule has 0 radical (unpaired) electrons. The molecule has 0 saturated carbocycles. The maximum atomic E-state index is 13.6. The second-order valence-electron chi connectivity index (χ2n) is 16.0. The Labute approximate surface area is 376 Å². The summed E-state index contributed by atoms with van der Waals surface area (Å²) >= 11 is 2.70. The molecular weight excluding hydrogens is 845 g/mol. The number of rotatable bonds is 9. The van der Waals surface area contributed by atoms with Gasteiger partial charge in [0, 0.05) is 83.6 Å². The summed E-state index contributed by atoms with van der Waals surface area (Å²) < 4.78 is 12.6. The van der Waals surface area contributed by atoms with E-state index in [-0.39, 0.29) is 24.0 Å². The minimum Gasteiger partial charge on any atom is -0.375 e. The van der Waals surface area contributed by atoms with Crippen molar-refractivity contribution in [2.24, 2.45) is 0 Å². The summed E-state index contributed by atoms with van der Waals surface area (Å²) in [7, 11) is 0. The Morgan fingerprint density at radius 2 is 1.14 bits per heavy atom. The second kappa shape index (κ2) is 17.3. The van der Waals surface area contributed by atoms with E-state index in [0.29, 0.717) is 65.6 Å². The number of aromatic nitrogens is 4. The molecule has 2 aliphatic heterocycles. The molecule has 322 valence electrons. The first kappa shape index (κ1) is 41.1. The van der Waals surface area contributed by atoms with Crippen molar-refractivity contribution in [3.63, 3.8) is 0 Å². The van der Waals surface area contributed by atoms with Crippen LogP contribution in [0.5, 0.6) is 0 Å². The molecule has 4 aromatic heterocycles. The van der Waals surface area contributed by atoms with Crippen LogP contribution >= 0.6 is 22.7 Å². The van der Waals surface area contributed by atoms with Crippen LogP contribution in [0.1, 0.15) is 31.8 Å². The van der Waals surface area contributed by atoms with Gasteiger partial charge in [0.2, 0.25) is 0 Å². The molecule has 10 rings (SSSR count). The highest BCUT2D eigenvalue weighted by Crippen LogP contribution is 2.32. The van der Waals surface area contributed by atoms with Crippen LogP contribution in [0.15, 0.2) is 109 Å². The monoisotopic (exact) mass is 888 g/mol. The average molecular weight is 889 g/mol. The number of hydrogen-bond acceptors (Lipinski definition) is 14. The first-order valence-electron chi connectivity index (χ1n) is 20.9. The molecule has 4 aromatic carbocycles. The minimum absolute atomic E-state index is 0.155. The summed E-state index contributed by atoms with van der Waals surface area (Å²) in [6.07, 6.45) is 3.27. The van der Waals surface area contributed by atoms with Gasteiger partial charge < -0.3 is 41.4 Å². The number of nitrogens with one attached hydrogen (secondary N) is 2. The molecule has 0 aliphatic carbocycles. The number of morpholine rings is 2. The van der Waals surface area contributed by atoms with Crippen molar-refractivity contribution in [1.82, 2.24) is 19.9 Å². The Balaban J connectivity index is 0.762. The molecule has 2 aliphatic rings. The van der Waals surface area contributed by atoms with Gasteiger partial charge in [0.1, 0.15) is 32.9 Å². The maximum Gasteiger partial charge on any atom is 0.255 e. The quantitative estimate of drug-likeness (QED) is 0.109. The zero-order chi connectivity index (χ0) is 43.9. The molecule has 2 unspecified atom stereocenters. The number of ether oxygens (including phenoxy) is 2. The first-order chi connectivity index (χ1) is 31.1. The number of carbonyl (C=O) groups is 2. The average Bonchev–Trinajstić information content (AvgIpc) is 3.89. The lowest BCUT2D eigenvalue weighted by molar-refractivity contribution is -0.0825. The van der Waals surface area contributed by atoms with Gasteiger partial charge in [0.15, 0.2) is 10.3 Å². The third-order valence-electron chi connectivity index (χ3n) is 11.7. The molecule has 16 heteroatoms. The van der Waals surface area contributed by atoms with E-state index < -0.39 is 0 Å². The van der Waals surface area contributed by atoms with Crippen molar-refractivity contribution in [2.45, 2.75) is 26.1 Å². The van der Waals surface area contributed by atoms with E-state index in [0.717, 1.165) is 72.0 Å². The summed E-state index contributed by atoms with van der Waals surface area (Å²) in [4.78, 5) is 51.0. The maximum absolute atomic E-state index is 13.6. The van der Waals surface area contributed by atoms with Gasteiger partial charge >= 0.3 is 0 Å². The number of thiazole rings is 2. The number of anilines is 6. The van der Waals surface area contributed by atoms with Crippen LogP contribution in [-0.2, 0) is 9.47 Å². The van der Waals surface area contributed by atoms with Crippen LogP contribution in [0.4, 0.5) is 33.0 Å². The first-order valence-corrected chi connectivity index (χ1v) is 22.6. The lowest BCUT2D eigenvalue weighted by Gasteiger charge is -2.42. The van der Waals surface area contributed by atoms with Crippen molar-refractivity contribution < 1.29 is 19.1 Å². The summed E-state index contributed by atoms with van der Waals surface area (Å²) in [6.45, 7) is 7.86. The lowest BCUT2D eigenvalue weighted by Crippen LogP contribution is -2.55. The number of aryl methyl sites for hydroxylation is 2. The Bertz CT molecular complexity index is 3060. The minimum atomic E-state index is -0.206. The van der Waals surface area contributed by atoms with Gasteiger partial charge in [-0.15, -0.1) is 0 Å². The second-order valence-corrected chi connectivity index (χ2v) is 18.0. The Kier molecular flexibility index (Phi) is 11.1. The zero-order valence-electron chi connectivity index (χ0n) is 35.1. The molecule has 6 N–H and O–H groups in total. The van der Waals surface area contributed by atoms with Gasteiger partial charge in [-0.2, -0.15) is 0 Å². The lowest BCUT2D eigenvalue weighted by atomic mass is 9.99. The van der Waals surface area contributed by atoms with Crippen molar-refractivity contribution in [1.29, 1.82) is 0 Å².